The summed E-state index contributed by atoms with van der Waals surface area (Å²) in [6, 6.07) is 20.0. The third kappa shape index (κ3) is 3.85. The highest BCUT2D eigenvalue weighted by atomic mass is 16.5. The Morgan fingerprint density at radius 3 is 2.31 bits per heavy atom. The number of nitrogens with zero attached hydrogens (tertiary/aromatic N) is 2. The van der Waals surface area contributed by atoms with E-state index in [0.717, 1.165) is 36.1 Å². The van der Waals surface area contributed by atoms with Crippen molar-refractivity contribution in [2.45, 2.75) is 32.7 Å². The number of aromatic nitrogens is 2. The Morgan fingerprint density at radius 2 is 1.69 bits per heavy atom. The number of rotatable bonds is 7. The Morgan fingerprint density at radius 1 is 1.04 bits per heavy atom. The molecule has 0 saturated carbocycles. The van der Waals surface area contributed by atoms with E-state index in [1.807, 2.05) is 53.2 Å². The van der Waals surface area contributed by atoms with Crippen LogP contribution in [0.15, 0.2) is 60.7 Å². The van der Waals surface area contributed by atoms with E-state index in [-0.39, 0.29) is 5.97 Å². The number of unbranched alkanes of at least 4 members (excludes halogenated alkanes) is 1. The van der Waals surface area contributed by atoms with Gasteiger partial charge in [-0.1, -0.05) is 74.0 Å². The molecule has 1 heterocycles. The average molecular weight is 348 g/mol. The van der Waals surface area contributed by atoms with Crippen LogP contribution >= 0.6 is 0 Å². The fourth-order valence-electron chi connectivity index (χ4n) is 3.10. The van der Waals surface area contributed by atoms with Gasteiger partial charge in [0.15, 0.2) is 0 Å². The van der Waals surface area contributed by atoms with Crippen molar-refractivity contribution in [3.63, 3.8) is 0 Å². The van der Waals surface area contributed by atoms with Crippen molar-refractivity contribution in [2.24, 2.45) is 0 Å². The number of esters is 1. The van der Waals surface area contributed by atoms with Gasteiger partial charge < -0.3 is 4.74 Å². The molecule has 26 heavy (non-hydrogen) atoms. The Hall–Kier alpha value is -2.88. The summed E-state index contributed by atoms with van der Waals surface area (Å²) in [5.74, 6) is -0.325. The van der Waals surface area contributed by atoms with Crippen LogP contribution in [0.3, 0.4) is 0 Å². The molecule has 0 radical (unpaired) electrons. The van der Waals surface area contributed by atoms with Crippen LogP contribution in [0.2, 0.25) is 0 Å². The van der Waals surface area contributed by atoms with Gasteiger partial charge >= 0.3 is 5.97 Å². The van der Waals surface area contributed by atoms with E-state index in [1.165, 1.54) is 7.11 Å². The first-order valence-electron chi connectivity index (χ1n) is 9.02. The van der Waals surface area contributed by atoms with Crippen molar-refractivity contribution < 1.29 is 9.53 Å². The van der Waals surface area contributed by atoms with Crippen LogP contribution < -0.4 is 0 Å². The van der Waals surface area contributed by atoms with Gasteiger partial charge in [0.1, 0.15) is 11.3 Å². The Balaban J connectivity index is 2.12. The van der Waals surface area contributed by atoms with Crippen molar-refractivity contribution in [1.82, 2.24) is 9.78 Å². The van der Waals surface area contributed by atoms with E-state index in [1.54, 1.807) is 0 Å². The lowest BCUT2D eigenvalue weighted by Gasteiger charge is -2.09. The molecule has 0 aliphatic heterocycles. The van der Waals surface area contributed by atoms with E-state index in [2.05, 4.69) is 19.1 Å². The monoisotopic (exact) mass is 348 g/mol. The highest BCUT2D eigenvalue weighted by molar-refractivity contribution is 5.97. The van der Waals surface area contributed by atoms with E-state index in [4.69, 9.17) is 9.84 Å². The van der Waals surface area contributed by atoms with Gasteiger partial charge in [0.05, 0.1) is 19.3 Å². The largest absolute Gasteiger partial charge is 0.465 e. The number of methoxy groups -OCH3 is 1. The summed E-state index contributed by atoms with van der Waals surface area (Å²) in [5, 5.41) is 4.81. The molecule has 0 unspecified atom stereocenters. The Bertz CT molecular complexity index is 855. The maximum absolute atomic E-state index is 12.6. The third-order valence-electron chi connectivity index (χ3n) is 4.44. The summed E-state index contributed by atoms with van der Waals surface area (Å²) >= 11 is 0. The summed E-state index contributed by atoms with van der Waals surface area (Å²) in [6.07, 6.45) is 2.85. The Kier molecular flexibility index (Phi) is 5.84. The normalized spacial score (nSPS) is 10.7. The van der Waals surface area contributed by atoms with E-state index in [0.29, 0.717) is 17.8 Å². The average Bonchev–Trinajstić information content (AvgIpc) is 3.05. The van der Waals surface area contributed by atoms with Crippen LogP contribution in [-0.2, 0) is 17.7 Å². The molecule has 0 fully saturated rings. The minimum Gasteiger partial charge on any atom is -0.465 e. The molecule has 0 amide bonds. The molecule has 0 atom stereocenters. The topological polar surface area (TPSA) is 44.1 Å². The first-order valence-corrected chi connectivity index (χ1v) is 9.02. The molecule has 0 aliphatic rings. The zero-order valence-electron chi connectivity index (χ0n) is 15.3. The number of ether oxygens (including phenoxy) is 1. The first kappa shape index (κ1) is 17.9. The van der Waals surface area contributed by atoms with Gasteiger partial charge in [-0.05, 0) is 18.4 Å². The van der Waals surface area contributed by atoms with Gasteiger partial charge in [0.25, 0.3) is 0 Å². The number of carbonyl (C=O) groups excluding carboxylic acids is 1. The van der Waals surface area contributed by atoms with Crippen LogP contribution in [-0.4, -0.2) is 22.9 Å². The molecular weight excluding hydrogens is 324 g/mol. The molecule has 1 aromatic heterocycles. The van der Waals surface area contributed by atoms with Crippen LogP contribution in [0.5, 0.6) is 0 Å². The molecule has 0 aliphatic carbocycles. The second-order valence-electron chi connectivity index (χ2n) is 6.27. The minimum absolute atomic E-state index is 0.325. The summed E-state index contributed by atoms with van der Waals surface area (Å²) in [7, 11) is 1.43. The quantitative estimate of drug-likeness (QED) is 0.580. The standard InChI is InChI=1S/C22H24N2O2/c1-3-4-15-19-20(22(25)26-2)21(18-13-9-6-10-14-18)23-24(19)16-17-11-7-5-8-12-17/h5-14H,3-4,15-16H2,1-2H3. The smallest absolute Gasteiger partial charge is 0.342 e. The SMILES string of the molecule is CCCCc1c(C(=O)OC)c(-c2ccccc2)nn1Cc1ccccc1. The van der Waals surface area contributed by atoms with Crippen LogP contribution in [0.25, 0.3) is 11.3 Å². The van der Waals surface area contributed by atoms with Crippen LogP contribution in [0.1, 0.15) is 41.4 Å². The third-order valence-corrected chi connectivity index (χ3v) is 4.44. The molecule has 3 aromatic rings. The fraction of sp³-hybridized carbons (Fsp3) is 0.273. The summed E-state index contributed by atoms with van der Waals surface area (Å²) in [6.45, 7) is 2.78. The molecule has 3 rings (SSSR count). The molecule has 4 nitrogen and oxygen atoms in total. The first-order chi connectivity index (χ1) is 12.7. The molecular formula is C22H24N2O2. The lowest BCUT2D eigenvalue weighted by atomic mass is 10.0. The predicted molar refractivity (Wildman–Crippen MR) is 103 cm³/mol. The number of hydrogen-bond acceptors (Lipinski definition) is 3. The second-order valence-corrected chi connectivity index (χ2v) is 6.27. The van der Waals surface area contributed by atoms with Crippen molar-refractivity contribution in [1.29, 1.82) is 0 Å². The molecule has 0 bridgehead atoms. The predicted octanol–water partition coefficient (Wildman–Crippen LogP) is 4.73. The number of carbonyl (C=O) groups is 1. The summed E-state index contributed by atoms with van der Waals surface area (Å²) < 4.78 is 7.05. The van der Waals surface area contributed by atoms with Gasteiger partial charge in [-0.15, -0.1) is 0 Å². The summed E-state index contributed by atoms with van der Waals surface area (Å²) in [4.78, 5) is 12.6. The van der Waals surface area contributed by atoms with Gasteiger partial charge in [-0.25, -0.2) is 4.79 Å². The van der Waals surface area contributed by atoms with Crippen LogP contribution in [0, 0.1) is 0 Å². The van der Waals surface area contributed by atoms with Crippen molar-refractivity contribution in [3.05, 3.63) is 77.5 Å². The zero-order chi connectivity index (χ0) is 18.4. The fourth-order valence-corrected chi connectivity index (χ4v) is 3.10. The molecule has 0 N–H and O–H groups in total. The van der Waals surface area contributed by atoms with Crippen molar-refractivity contribution >= 4 is 5.97 Å². The number of hydrogen-bond donors (Lipinski definition) is 0. The highest BCUT2D eigenvalue weighted by Gasteiger charge is 2.25. The maximum Gasteiger partial charge on any atom is 0.342 e. The molecule has 2 aromatic carbocycles. The van der Waals surface area contributed by atoms with Gasteiger partial charge in [-0.3, -0.25) is 4.68 Å². The number of benzene rings is 2. The Labute approximate surface area is 154 Å². The molecule has 4 heteroatoms. The van der Waals surface area contributed by atoms with Crippen molar-refractivity contribution in [3.8, 4) is 11.3 Å². The second kappa shape index (κ2) is 8.48. The lowest BCUT2D eigenvalue weighted by molar-refractivity contribution is 0.0600. The zero-order valence-corrected chi connectivity index (χ0v) is 15.3. The van der Waals surface area contributed by atoms with E-state index >= 15 is 0 Å². The van der Waals surface area contributed by atoms with Gasteiger partial charge in [-0.2, -0.15) is 5.10 Å². The molecule has 134 valence electrons. The molecule has 0 spiro atoms. The van der Waals surface area contributed by atoms with E-state index in [9.17, 15) is 4.79 Å². The highest BCUT2D eigenvalue weighted by Crippen LogP contribution is 2.28. The summed E-state index contributed by atoms with van der Waals surface area (Å²) in [5.41, 5.74) is 4.31. The van der Waals surface area contributed by atoms with Crippen LogP contribution in [0.4, 0.5) is 0 Å². The van der Waals surface area contributed by atoms with Gasteiger partial charge in [0, 0.05) is 5.56 Å². The van der Waals surface area contributed by atoms with Gasteiger partial charge in [0.2, 0.25) is 0 Å². The van der Waals surface area contributed by atoms with Crippen molar-refractivity contribution in [2.75, 3.05) is 7.11 Å². The van der Waals surface area contributed by atoms with E-state index < -0.39 is 0 Å². The maximum atomic E-state index is 12.6. The minimum atomic E-state index is -0.325. The molecule has 0 saturated heterocycles. The lowest BCUT2D eigenvalue weighted by Crippen LogP contribution is -2.10.